The molecule has 0 saturated carbocycles. The third-order valence-corrected chi connectivity index (χ3v) is 5.18. The SMILES string of the molecule is C/C(=C\c1ccccc1)CNS(=O)(=O)c1ccc2ccccc2c1. The summed E-state index contributed by atoms with van der Waals surface area (Å²) in [5, 5.41) is 1.94. The standard InChI is InChI=1S/C20H19NO2S/c1-16(13-17-7-3-2-4-8-17)15-21-24(22,23)20-12-11-18-9-5-6-10-19(18)14-20/h2-14,21H,15H2,1H3/b16-13+. The van der Waals surface area contributed by atoms with Gasteiger partial charge in [0.1, 0.15) is 0 Å². The first-order valence-corrected chi connectivity index (χ1v) is 9.24. The van der Waals surface area contributed by atoms with Gasteiger partial charge in [-0.3, -0.25) is 0 Å². The number of rotatable bonds is 5. The Bertz CT molecular complexity index is 977. The number of fused-ring (bicyclic) bond motifs is 1. The third kappa shape index (κ3) is 3.91. The molecule has 3 rings (SSSR count). The molecule has 0 saturated heterocycles. The van der Waals surface area contributed by atoms with Crippen LogP contribution < -0.4 is 4.72 Å². The Balaban J connectivity index is 1.76. The van der Waals surface area contributed by atoms with Crippen LogP contribution in [0.25, 0.3) is 16.8 Å². The molecule has 0 aliphatic heterocycles. The van der Waals surface area contributed by atoms with Crippen molar-refractivity contribution in [1.29, 1.82) is 0 Å². The van der Waals surface area contributed by atoms with E-state index >= 15 is 0 Å². The lowest BCUT2D eigenvalue weighted by molar-refractivity contribution is 0.585. The zero-order valence-corrected chi connectivity index (χ0v) is 14.3. The van der Waals surface area contributed by atoms with Crippen molar-refractivity contribution >= 4 is 26.9 Å². The fourth-order valence-electron chi connectivity index (χ4n) is 2.51. The van der Waals surface area contributed by atoms with E-state index in [1.54, 1.807) is 12.1 Å². The smallest absolute Gasteiger partial charge is 0.207 e. The zero-order valence-electron chi connectivity index (χ0n) is 13.4. The summed E-state index contributed by atoms with van der Waals surface area (Å²) in [5.41, 5.74) is 2.01. The largest absolute Gasteiger partial charge is 0.240 e. The van der Waals surface area contributed by atoms with E-state index in [2.05, 4.69) is 4.72 Å². The molecule has 0 bridgehead atoms. The van der Waals surface area contributed by atoms with Gasteiger partial charge in [-0.1, -0.05) is 72.3 Å². The fraction of sp³-hybridized carbons (Fsp3) is 0.100. The van der Waals surface area contributed by atoms with E-state index in [1.165, 1.54) is 0 Å². The second kappa shape index (κ2) is 6.99. The quantitative estimate of drug-likeness (QED) is 0.757. The summed E-state index contributed by atoms with van der Waals surface area (Å²) >= 11 is 0. The Morgan fingerprint density at radius 3 is 2.33 bits per heavy atom. The van der Waals surface area contributed by atoms with E-state index in [0.717, 1.165) is 21.9 Å². The van der Waals surface area contributed by atoms with Gasteiger partial charge in [0.25, 0.3) is 0 Å². The van der Waals surface area contributed by atoms with Gasteiger partial charge >= 0.3 is 0 Å². The average molecular weight is 337 g/mol. The molecular weight excluding hydrogens is 318 g/mol. The predicted molar refractivity (Wildman–Crippen MR) is 99.2 cm³/mol. The highest BCUT2D eigenvalue weighted by Gasteiger charge is 2.13. The minimum absolute atomic E-state index is 0.282. The minimum Gasteiger partial charge on any atom is -0.207 e. The summed E-state index contributed by atoms with van der Waals surface area (Å²) in [4.78, 5) is 0.286. The number of nitrogens with one attached hydrogen (secondary N) is 1. The van der Waals surface area contributed by atoms with E-state index in [9.17, 15) is 8.42 Å². The van der Waals surface area contributed by atoms with E-state index in [1.807, 2.05) is 73.7 Å². The summed E-state index contributed by atoms with van der Waals surface area (Å²) in [6.45, 7) is 2.19. The van der Waals surface area contributed by atoms with Crippen LogP contribution >= 0.6 is 0 Å². The Morgan fingerprint density at radius 1 is 0.917 bits per heavy atom. The minimum atomic E-state index is -3.53. The Kier molecular flexibility index (Phi) is 4.79. The van der Waals surface area contributed by atoms with Crippen LogP contribution in [0.1, 0.15) is 12.5 Å². The number of benzene rings is 3. The Morgan fingerprint density at radius 2 is 1.58 bits per heavy atom. The molecule has 0 amide bonds. The van der Waals surface area contributed by atoms with Crippen molar-refractivity contribution < 1.29 is 8.42 Å². The second-order valence-corrected chi connectivity index (χ2v) is 7.50. The van der Waals surface area contributed by atoms with Gasteiger partial charge in [-0.05, 0) is 35.4 Å². The molecule has 3 aromatic carbocycles. The Hall–Kier alpha value is -2.43. The molecule has 0 aliphatic rings. The summed E-state index contributed by atoms with van der Waals surface area (Å²) in [5.74, 6) is 0. The van der Waals surface area contributed by atoms with Gasteiger partial charge in [0.15, 0.2) is 0 Å². The first kappa shape index (κ1) is 16.4. The van der Waals surface area contributed by atoms with Gasteiger partial charge in [0.05, 0.1) is 4.90 Å². The molecular formula is C20H19NO2S. The van der Waals surface area contributed by atoms with E-state index in [-0.39, 0.29) is 11.4 Å². The van der Waals surface area contributed by atoms with Crippen LogP contribution in [0.4, 0.5) is 0 Å². The van der Waals surface area contributed by atoms with Crippen molar-refractivity contribution in [2.45, 2.75) is 11.8 Å². The van der Waals surface area contributed by atoms with Crippen LogP contribution in [0.3, 0.4) is 0 Å². The van der Waals surface area contributed by atoms with Crippen molar-refractivity contribution in [3.8, 4) is 0 Å². The molecule has 0 aliphatic carbocycles. The molecule has 0 unspecified atom stereocenters. The molecule has 0 atom stereocenters. The maximum Gasteiger partial charge on any atom is 0.240 e. The maximum absolute atomic E-state index is 12.5. The van der Waals surface area contributed by atoms with Crippen LogP contribution in [0, 0.1) is 0 Å². The van der Waals surface area contributed by atoms with Gasteiger partial charge in [0.2, 0.25) is 10.0 Å². The highest BCUT2D eigenvalue weighted by molar-refractivity contribution is 7.89. The Labute approximate surface area is 142 Å². The highest BCUT2D eigenvalue weighted by atomic mass is 32.2. The molecule has 0 heterocycles. The predicted octanol–water partition coefficient (Wildman–Crippen LogP) is 4.22. The van der Waals surface area contributed by atoms with Crippen molar-refractivity contribution in [1.82, 2.24) is 4.72 Å². The van der Waals surface area contributed by atoms with Crippen LogP contribution in [0.15, 0.2) is 83.3 Å². The summed E-state index contributed by atoms with van der Waals surface area (Å²) < 4.78 is 27.7. The number of hydrogen-bond acceptors (Lipinski definition) is 2. The molecule has 0 radical (unpaired) electrons. The lowest BCUT2D eigenvalue weighted by Crippen LogP contribution is -2.25. The number of hydrogen-bond donors (Lipinski definition) is 1. The molecule has 1 N–H and O–H groups in total. The lowest BCUT2D eigenvalue weighted by atomic mass is 10.1. The van der Waals surface area contributed by atoms with E-state index in [0.29, 0.717) is 0 Å². The number of sulfonamides is 1. The molecule has 3 aromatic rings. The normalized spacial score (nSPS) is 12.5. The molecule has 0 aromatic heterocycles. The van der Waals surface area contributed by atoms with Gasteiger partial charge < -0.3 is 0 Å². The molecule has 0 fully saturated rings. The second-order valence-electron chi connectivity index (χ2n) is 5.73. The first-order chi connectivity index (χ1) is 11.5. The molecule has 24 heavy (non-hydrogen) atoms. The summed E-state index contributed by atoms with van der Waals surface area (Å²) in [7, 11) is -3.53. The highest BCUT2D eigenvalue weighted by Crippen LogP contribution is 2.19. The van der Waals surface area contributed by atoms with Crippen molar-refractivity contribution in [2.24, 2.45) is 0 Å². The lowest BCUT2D eigenvalue weighted by Gasteiger charge is -2.08. The molecule has 122 valence electrons. The summed E-state index contributed by atoms with van der Waals surface area (Å²) in [6.07, 6.45) is 1.98. The monoisotopic (exact) mass is 337 g/mol. The van der Waals surface area contributed by atoms with Gasteiger partial charge in [-0.2, -0.15) is 0 Å². The van der Waals surface area contributed by atoms with Crippen LogP contribution in [-0.4, -0.2) is 15.0 Å². The van der Waals surface area contributed by atoms with E-state index in [4.69, 9.17) is 0 Å². The van der Waals surface area contributed by atoms with Gasteiger partial charge in [-0.25, -0.2) is 13.1 Å². The van der Waals surface area contributed by atoms with Crippen molar-refractivity contribution in [3.63, 3.8) is 0 Å². The van der Waals surface area contributed by atoms with Gasteiger partial charge in [0, 0.05) is 6.54 Å². The average Bonchev–Trinajstić information content (AvgIpc) is 2.60. The molecule has 4 heteroatoms. The van der Waals surface area contributed by atoms with Crippen LogP contribution in [0.2, 0.25) is 0 Å². The maximum atomic E-state index is 12.5. The fourth-order valence-corrected chi connectivity index (χ4v) is 3.63. The van der Waals surface area contributed by atoms with Gasteiger partial charge in [-0.15, -0.1) is 0 Å². The van der Waals surface area contributed by atoms with Crippen molar-refractivity contribution in [3.05, 3.63) is 83.9 Å². The van der Waals surface area contributed by atoms with Crippen LogP contribution in [0.5, 0.6) is 0 Å². The van der Waals surface area contributed by atoms with Crippen molar-refractivity contribution in [2.75, 3.05) is 6.54 Å². The van der Waals surface area contributed by atoms with E-state index < -0.39 is 10.0 Å². The zero-order chi connectivity index (χ0) is 17.0. The topological polar surface area (TPSA) is 46.2 Å². The molecule has 0 spiro atoms. The third-order valence-electron chi connectivity index (χ3n) is 3.78. The molecule has 3 nitrogen and oxygen atoms in total. The summed E-state index contributed by atoms with van der Waals surface area (Å²) in [6, 6.07) is 22.7. The first-order valence-electron chi connectivity index (χ1n) is 7.75. The van der Waals surface area contributed by atoms with Crippen LogP contribution in [-0.2, 0) is 10.0 Å².